The number of carbonyl (C=O) groups is 2. The molecule has 0 bridgehead atoms. The molecule has 0 saturated carbocycles. The Balaban J connectivity index is 2.15. The summed E-state index contributed by atoms with van der Waals surface area (Å²) < 4.78 is 1.72. The maximum absolute atomic E-state index is 11.9. The van der Waals surface area contributed by atoms with Crippen LogP contribution < -0.4 is 10.9 Å². The number of carboxylic acids is 1. The molecule has 0 radical (unpaired) electrons. The standard InChI is InChI=1S/C14H12BrN3O4/c1-8-6-9(2-3-10(8)15)16-12(19)7-18-13(20)5-4-11(17-18)14(21)22/h2-6H,7H2,1H3,(H,16,19)(H,21,22). The van der Waals surface area contributed by atoms with E-state index < -0.39 is 17.4 Å². The fourth-order valence-corrected chi connectivity index (χ4v) is 1.98. The average molecular weight is 366 g/mol. The van der Waals surface area contributed by atoms with E-state index in [4.69, 9.17) is 5.11 Å². The number of halogens is 1. The van der Waals surface area contributed by atoms with E-state index in [1.54, 1.807) is 18.2 Å². The summed E-state index contributed by atoms with van der Waals surface area (Å²) in [6, 6.07) is 7.43. The SMILES string of the molecule is Cc1cc(NC(=O)Cn2nc(C(=O)O)ccc2=O)ccc1Br. The number of carboxylic acid groups (broad SMARTS) is 1. The summed E-state index contributed by atoms with van der Waals surface area (Å²) >= 11 is 3.36. The number of aryl methyl sites for hydroxylation is 1. The maximum atomic E-state index is 11.9. The Morgan fingerprint density at radius 1 is 1.32 bits per heavy atom. The topological polar surface area (TPSA) is 101 Å². The minimum atomic E-state index is -1.27. The molecule has 0 fully saturated rings. The average Bonchev–Trinajstić information content (AvgIpc) is 2.45. The first-order valence-corrected chi connectivity index (χ1v) is 7.03. The fraction of sp³-hybridized carbons (Fsp3) is 0.143. The van der Waals surface area contributed by atoms with Crippen molar-refractivity contribution in [2.24, 2.45) is 0 Å². The van der Waals surface area contributed by atoms with Crippen LogP contribution in [0.25, 0.3) is 0 Å². The Bertz CT molecular complexity index is 801. The zero-order chi connectivity index (χ0) is 16.3. The van der Waals surface area contributed by atoms with Crippen LogP contribution in [-0.2, 0) is 11.3 Å². The van der Waals surface area contributed by atoms with Gasteiger partial charge in [-0.25, -0.2) is 9.48 Å². The molecule has 0 saturated heterocycles. The van der Waals surface area contributed by atoms with E-state index in [0.717, 1.165) is 26.9 Å². The molecule has 0 unspecified atom stereocenters. The molecule has 8 heteroatoms. The normalized spacial score (nSPS) is 10.3. The van der Waals surface area contributed by atoms with Gasteiger partial charge in [-0.3, -0.25) is 9.59 Å². The molecule has 22 heavy (non-hydrogen) atoms. The fourth-order valence-electron chi connectivity index (χ4n) is 1.74. The number of aromatic carboxylic acids is 1. The van der Waals surface area contributed by atoms with Gasteiger partial charge in [-0.2, -0.15) is 5.10 Å². The maximum Gasteiger partial charge on any atom is 0.356 e. The zero-order valence-corrected chi connectivity index (χ0v) is 13.1. The third-order valence-electron chi connectivity index (χ3n) is 2.82. The van der Waals surface area contributed by atoms with Crippen LogP contribution in [0, 0.1) is 6.92 Å². The van der Waals surface area contributed by atoms with Crippen molar-refractivity contribution in [1.82, 2.24) is 9.78 Å². The summed E-state index contributed by atoms with van der Waals surface area (Å²) in [5, 5.41) is 15.1. The number of benzene rings is 1. The molecule has 7 nitrogen and oxygen atoms in total. The summed E-state index contributed by atoms with van der Waals surface area (Å²) in [6.07, 6.45) is 0. The molecule has 0 aliphatic heterocycles. The van der Waals surface area contributed by atoms with Crippen LogP contribution in [0.3, 0.4) is 0 Å². The number of anilines is 1. The summed E-state index contributed by atoms with van der Waals surface area (Å²) in [6.45, 7) is 1.51. The van der Waals surface area contributed by atoms with Crippen molar-refractivity contribution in [3.05, 3.63) is 56.4 Å². The molecular formula is C14H12BrN3O4. The van der Waals surface area contributed by atoms with Crippen LogP contribution >= 0.6 is 15.9 Å². The first kappa shape index (κ1) is 15.9. The zero-order valence-electron chi connectivity index (χ0n) is 11.5. The number of hydrogen-bond acceptors (Lipinski definition) is 4. The number of carbonyl (C=O) groups excluding carboxylic acids is 1. The Morgan fingerprint density at radius 3 is 2.68 bits per heavy atom. The first-order valence-electron chi connectivity index (χ1n) is 6.24. The van der Waals surface area contributed by atoms with E-state index in [-0.39, 0.29) is 12.2 Å². The highest BCUT2D eigenvalue weighted by Crippen LogP contribution is 2.19. The molecule has 0 aliphatic rings. The van der Waals surface area contributed by atoms with Crippen molar-refractivity contribution in [3.63, 3.8) is 0 Å². The molecule has 1 amide bonds. The predicted molar refractivity (Wildman–Crippen MR) is 83.0 cm³/mol. The second-order valence-corrected chi connectivity index (χ2v) is 5.39. The van der Waals surface area contributed by atoms with E-state index in [9.17, 15) is 14.4 Å². The molecule has 1 aromatic heterocycles. The largest absolute Gasteiger partial charge is 0.476 e. The van der Waals surface area contributed by atoms with Crippen molar-refractivity contribution in [3.8, 4) is 0 Å². The predicted octanol–water partition coefficient (Wildman–Crippen LogP) is 1.65. The van der Waals surface area contributed by atoms with E-state index in [0.29, 0.717) is 5.69 Å². The van der Waals surface area contributed by atoms with Crippen LogP contribution in [0.1, 0.15) is 16.1 Å². The molecule has 0 spiro atoms. The van der Waals surface area contributed by atoms with Crippen molar-refractivity contribution < 1.29 is 14.7 Å². The number of nitrogens with zero attached hydrogens (tertiary/aromatic N) is 2. The van der Waals surface area contributed by atoms with E-state index in [2.05, 4.69) is 26.3 Å². The Morgan fingerprint density at radius 2 is 2.05 bits per heavy atom. The minimum Gasteiger partial charge on any atom is -0.476 e. The molecule has 2 N–H and O–H groups in total. The molecular weight excluding hydrogens is 354 g/mol. The number of hydrogen-bond donors (Lipinski definition) is 2. The first-order chi connectivity index (χ1) is 10.4. The minimum absolute atomic E-state index is 0.299. The van der Waals surface area contributed by atoms with Crippen LogP contribution in [0.5, 0.6) is 0 Å². The van der Waals surface area contributed by atoms with Gasteiger partial charge in [0.1, 0.15) is 6.54 Å². The Kier molecular flexibility index (Phi) is 4.71. The number of amides is 1. The molecule has 0 aliphatic carbocycles. The summed E-state index contributed by atoms with van der Waals surface area (Å²) in [4.78, 5) is 34.4. The van der Waals surface area contributed by atoms with Crippen molar-refractivity contribution in [1.29, 1.82) is 0 Å². The highest BCUT2D eigenvalue weighted by molar-refractivity contribution is 9.10. The molecule has 1 aromatic carbocycles. The van der Waals surface area contributed by atoms with E-state index >= 15 is 0 Å². The Hall–Kier alpha value is -2.48. The summed E-state index contributed by atoms with van der Waals surface area (Å²) in [7, 11) is 0. The van der Waals surface area contributed by atoms with Gasteiger partial charge in [0.25, 0.3) is 5.56 Å². The lowest BCUT2D eigenvalue weighted by molar-refractivity contribution is -0.117. The summed E-state index contributed by atoms with van der Waals surface area (Å²) in [5.74, 6) is -1.74. The molecule has 114 valence electrons. The third kappa shape index (κ3) is 3.79. The molecule has 1 heterocycles. The summed E-state index contributed by atoms with van der Waals surface area (Å²) in [5.41, 5.74) is 0.674. The van der Waals surface area contributed by atoms with Gasteiger partial charge in [0, 0.05) is 16.2 Å². The monoisotopic (exact) mass is 365 g/mol. The number of aromatic nitrogens is 2. The van der Waals surface area contributed by atoms with E-state index in [1.165, 1.54) is 0 Å². The van der Waals surface area contributed by atoms with Gasteiger partial charge in [-0.1, -0.05) is 15.9 Å². The lowest BCUT2D eigenvalue weighted by atomic mass is 10.2. The lowest BCUT2D eigenvalue weighted by Gasteiger charge is -2.08. The van der Waals surface area contributed by atoms with Crippen LogP contribution in [0.4, 0.5) is 5.69 Å². The van der Waals surface area contributed by atoms with Crippen molar-refractivity contribution in [2.75, 3.05) is 5.32 Å². The highest BCUT2D eigenvalue weighted by Gasteiger charge is 2.11. The Labute approximate surface area is 133 Å². The second-order valence-electron chi connectivity index (χ2n) is 4.53. The quantitative estimate of drug-likeness (QED) is 0.857. The molecule has 0 atom stereocenters. The lowest BCUT2D eigenvalue weighted by Crippen LogP contribution is -2.30. The smallest absolute Gasteiger partial charge is 0.356 e. The van der Waals surface area contributed by atoms with Gasteiger partial charge in [0.05, 0.1) is 0 Å². The molecule has 2 aromatic rings. The van der Waals surface area contributed by atoms with Gasteiger partial charge >= 0.3 is 5.97 Å². The second kappa shape index (κ2) is 6.52. The van der Waals surface area contributed by atoms with Crippen LogP contribution in [0.2, 0.25) is 0 Å². The van der Waals surface area contributed by atoms with E-state index in [1.807, 2.05) is 6.92 Å². The number of rotatable bonds is 4. The van der Waals surface area contributed by atoms with Crippen molar-refractivity contribution in [2.45, 2.75) is 13.5 Å². The van der Waals surface area contributed by atoms with Gasteiger partial charge in [0.2, 0.25) is 5.91 Å². The highest BCUT2D eigenvalue weighted by atomic mass is 79.9. The van der Waals surface area contributed by atoms with Gasteiger partial charge in [0.15, 0.2) is 5.69 Å². The molecule has 2 rings (SSSR count). The number of nitrogens with one attached hydrogen (secondary N) is 1. The van der Waals surface area contributed by atoms with Crippen molar-refractivity contribution >= 4 is 33.5 Å². The third-order valence-corrected chi connectivity index (χ3v) is 3.71. The van der Waals surface area contributed by atoms with Gasteiger partial charge in [-0.05, 0) is 36.8 Å². The van der Waals surface area contributed by atoms with Gasteiger partial charge in [-0.15, -0.1) is 0 Å². The van der Waals surface area contributed by atoms with Gasteiger partial charge < -0.3 is 10.4 Å². The van der Waals surface area contributed by atoms with Crippen LogP contribution in [-0.4, -0.2) is 26.8 Å². The van der Waals surface area contributed by atoms with Crippen LogP contribution in [0.15, 0.2) is 39.6 Å².